The van der Waals surface area contributed by atoms with Crippen molar-refractivity contribution in [3.8, 4) is 0 Å². The molecular formula is C10H14O2. The van der Waals surface area contributed by atoms with Crippen LogP contribution >= 0.6 is 0 Å². The van der Waals surface area contributed by atoms with Crippen molar-refractivity contribution in [1.29, 1.82) is 0 Å². The van der Waals surface area contributed by atoms with Gasteiger partial charge in [0.25, 0.3) is 0 Å². The molecular weight excluding hydrogens is 152 g/mol. The fourth-order valence-electron chi connectivity index (χ4n) is 0.714. The monoisotopic (exact) mass is 166 g/mol. The maximum Gasteiger partial charge on any atom is 0.155 e. The van der Waals surface area contributed by atoms with Gasteiger partial charge in [-0.05, 0) is 31.9 Å². The Kier molecular flexibility index (Phi) is 5.88. The van der Waals surface area contributed by atoms with Crippen molar-refractivity contribution in [1.82, 2.24) is 0 Å². The highest BCUT2D eigenvalue weighted by molar-refractivity contribution is 5.97. The fraction of sp³-hybridized carbons (Fsp3) is 0.400. The summed E-state index contributed by atoms with van der Waals surface area (Å²) in [6.07, 6.45) is 6.57. The second-order valence-electron chi connectivity index (χ2n) is 2.59. The van der Waals surface area contributed by atoms with Gasteiger partial charge in [0.2, 0.25) is 0 Å². The molecule has 0 saturated carbocycles. The standard InChI is InChI=1S/C10H14O2/c1-3-4-5-6-10(12)8-7-9(2)11/h3,7-8H,1,4-6H2,2H3/b8-7+. The molecule has 66 valence electrons. The van der Waals surface area contributed by atoms with Crippen LogP contribution in [0.15, 0.2) is 24.8 Å². The Bertz CT molecular complexity index is 202. The predicted molar refractivity (Wildman–Crippen MR) is 48.9 cm³/mol. The zero-order valence-electron chi connectivity index (χ0n) is 7.38. The molecule has 0 aliphatic heterocycles. The molecule has 0 fully saturated rings. The van der Waals surface area contributed by atoms with Crippen LogP contribution in [-0.2, 0) is 9.59 Å². The number of ketones is 2. The maximum absolute atomic E-state index is 10.9. The third kappa shape index (κ3) is 6.93. The number of carbonyl (C=O) groups excluding carboxylic acids is 2. The van der Waals surface area contributed by atoms with Crippen molar-refractivity contribution < 1.29 is 9.59 Å². The molecule has 12 heavy (non-hydrogen) atoms. The molecule has 0 heterocycles. The van der Waals surface area contributed by atoms with Crippen LogP contribution in [0.2, 0.25) is 0 Å². The fourth-order valence-corrected chi connectivity index (χ4v) is 0.714. The normalized spacial score (nSPS) is 10.1. The molecule has 0 unspecified atom stereocenters. The summed E-state index contributed by atoms with van der Waals surface area (Å²) in [5.74, 6) is -0.0841. The van der Waals surface area contributed by atoms with Gasteiger partial charge in [0, 0.05) is 6.42 Å². The van der Waals surface area contributed by atoms with Crippen molar-refractivity contribution in [2.75, 3.05) is 0 Å². The van der Waals surface area contributed by atoms with E-state index >= 15 is 0 Å². The molecule has 0 aromatic rings. The van der Waals surface area contributed by atoms with Crippen LogP contribution in [0.4, 0.5) is 0 Å². The van der Waals surface area contributed by atoms with Gasteiger partial charge in [0.15, 0.2) is 11.6 Å². The Morgan fingerprint density at radius 1 is 1.33 bits per heavy atom. The first-order valence-corrected chi connectivity index (χ1v) is 3.99. The Morgan fingerprint density at radius 2 is 2.00 bits per heavy atom. The number of allylic oxidation sites excluding steroid dienone is 3. The Balaban J connectivity index is 3.59. The van der Waals surface area contributed by atoms with Crippen molar-refractivity contribution in [2.45, 2.75) is 26.2 Å². The molecule has 0 atom stereocenters. The summed E-state index contributed by atoms with van der Waals surface area (Å²) in [7, 11) is 0. The van der Waals surface area contributed by atoms with Crippen LogP contribution in [-0.4, -0.2) is 11.6 Å². The van der Waals surface area contributed by atoms with Crippen LogP contribution in [0.3, 0.4) is 0 Å². The first kappa shape index (κ1) is 10.8. The quantitative estimate of drug-likeness (QED) is 0.344. The lowest BCUT2D eigenvalue weighted by molar-refractivity contribution is -0.116. The molecule has 0 radical (unpaired) electrons. The first-order chi connectivity index (χ1) is 5.66. The predicted octanol–water partition coefficient (Wildman–Crippen LogP) is 2.06. The van der Waals surface area contributed by atoms with E-state index in [1.165, 1.54) is 19.1 Å². The molecule has 0 bridgehead atoms. The minimum Gasteiger partial charge on any atom is -0.295 e. The molecule has 0 saturated heterocycles. The second-order valence-corrected chi connectivity index (χ2v) is 2.59. The smallest absolute Gasteiger partial charge is 0.155 e. The average Bonchev–Trinajstić information content (AvgIpc) is 2.01. The Morgan fingerprint density at radius 3 is 2.50 bits per heavy atom. The van der Waals surface area contributed by atoms with Crippen molar-refractivity contribution >= 4 is 11.6 Å². The number of hydrogen-bond acceptors (Lipinski definition) is 2. The van der Waals surface area contributed by atoms with Gasteiger partial charge in [-0.3, -0.25) is 9.59 Å². The summed E-state index contributed by atoms with van der Waals surface area (Å²) in [6.45, 7) is 4.97. The highest BCUT2D eigenvalue weighted by Gasteiger charge is 1.95. The first-order valence-electron chi connectivity index (χ1n) is 3.99. The van der Waals surface area contributed by atoms with Crippen molar-refractivity contribution in [2.24, 2.45) is 0 Å². The van der Waals surface area contributed by atoms with Gasteiger partial charge in [-0.15, -0.1) is 6.58 Å². The minimum absolute atomic E-state index is 0.00653. The molecule has 0 aliphatic carbocycles. The molecule has 0 aliphatic rings. The number of rotatable bonds is 6. The number of carbonyl (C=O) groups is 2. The van der Waals surface area contributed by atoms with Gasteiger partial charge in [-0.2, -0.15) is 0 Å². The van der Waals surface area contributed by atoms with E-state index in [0.29, 0.717) is 6.42 Å². The van der Waals surface area contributed by atoms with Gasteiger partial charge in [0.1, 0.15) is 0 Å². The lowest BCUT2D eigenvalue weighted by atomic mass is 10.1. The van der Waals surface area contributed by atoms with Crippen LogP contribution in [0, 0.1) is 0 Å². The van der Waals surface area contributed by atoms with E-state index in [-0.39, 0.29) is 11.6 Å². The summed E-state index contributed by atoms with van der Waals surface area (Å²) < 4.78 is 0. The van der Waals surface area contributed by atoms with Gasteiger partial charge in [0.05, 0.1) is 0 Å². The van der Waals surface area contributed by atoms with E-state index in [4.69, 9.17) is 0 Å². The lowest BCUT2D eigenvalue weighted by Gasteiger charge is -1.90. The topological polar surface area (TPSA) is 34.1 Å². The van der Waals surface area contributed by atoms with Crippen molar-refractivity contribution in [3.63, 3.8) is 0 Å². The summed E-state index contributed by atoms with van der Waals surface area (Å²) in [4.78, 5) is 21.4. The van der Waals surface area contributed by atoms with E-state index in [1.807, 2.05) is 0 Å². The summed E-state index contributed by atoms with van der Waals surface area (Å²) >= 11 is 0. The van der Waals surface area contributed by atoms with Crippen molar-refractivity contribution in [3.05, 3.63) is 24.8 Å². The molecule has 0 rings (SSSR count). The zero-order valence-corrected chi connectivity index (χ0v) is 7.38. The zero-order chi connectivity index (χ0) is 9.40. The number of unbranched alkanes of at least 4 members (excludes halogenated alkanes) is 1. The highest BCUT2D eigenvalue weighted by atomic mass is 16.1. The summed E-state index contributed by atoms with van der Waals surface area (Å²) in [6, 6.07) is 0. The molecule has 2 nitrogen and oxygen atoms in total. The number of hydrogen-bond donors (Lipinski definition) is 0. The van der Waals surface area contributed by atoms with E-state index in [1.54, 1.807) is 6.08 Å². The molecule has 0 amide bonds. The van der Waals surface area contributed by atoms with Gasteiger partial charge >= 0.3 is 0 Å². The third-order valence-corrected chi connectivity index (χ3v) is 1.34. The second kappa shape index (κ2) is 6.53. The molecule has 2 heteroatoms. The third-order valence-electron chi connectivity index (χ3n) is 1.34. The maximum atomic E-state index is 10.9. The van der Waals surface area contributed by atoms with Crippen LogP contribution in [0.25, 0.3) is 0 Å². The molecule has 0 aromatic heterocycles. The average molecular weight is 166 g/mol. The van der Waals surface area contributed by atoms with Crippen LogP contribution < -0.4 is 0 Å². The Hall–Kier alpha value is -1.18. The minimum atomic E-state index is -0.0907. The van der Waals surface area contributed by atoms with Crippen LogP contribution in [0.5, 0.6) is 0 Å². The van der Waals surface area contributed by atoms with E-state index in [9.17, 15) is 9.59 Å². The van der Waals surface area contributed by atoms with E-state index < -0.39 is 0 Å². The largest absolute Gasteiger partial charge is 0.295 e. The SMILES string of the molecule is C=CCCCC(=O)/C=C/C(C)=O. The van der Waals surface area contributed by atoms with E-state index in [2.05, 4.69) is 6.58 Å². The van der Waals surface area contributed by atoms with Crippen LogP contribution in [0.1, 0.15) is 26.2 Å². The van der Waals surface area contributed by atoms with Gasteiger partial charge in [-0.25, -0.2) is 0 Å². The molecule has 0 aromatic carbocycles. The molecule has 0 N–H and O–H groups in total. The van der Waals surface area contributed by atoms with Gasteiger partial charge < -0.3 is 0 Å². The summed E-state index contributed by atoms with van der Waals surface area (Å²) in [5, 5.41) is 0. The highest BCUT2D eigenvalue weighted by Crippen LogP contribution is 1.97. The lowest BCUT2D eigenvalue weighted by Crippen LogP contribution is -1.93. The molecule has 0 spiro atoms. The van der Waals surface area contributed by atoms with Gasteiger partial charge in [-0.1, -0.05) is 6.08 Å². The van der Waals surface area contributed by atoms with E-state index in [0.717, 1.165) is 12.8 Å². The Labute approximate surface area is 73.0 Å². The summed E-state index contributed by atoms with van der Waals surface area (Å²) in [5.41, 5.74) is 0.